The van der Waals surface area contributed by atoms with Crippen LogP contribution in [0, 0.1) is 0 Å². The molecular weight excluding hydrogens is 252 g/mol. The van der Waals surface area contributed by atoms with Crippen LogP contribution >= 0.6 is 22.7 Å². The van der Waals surface area contributed by atoms with Crippen LogP contribution in [0.4, 0.5) is 5.95 Å². The standard InChI is InChI=1S/C11H10N4S2/c1-3-8(16-5-1)7-12-11-13-10(14-15-11)9-4-2-6-17-9/h1-6H,7H2,(H2,12,13,14,15). The number of hydrogen-bond acceptors (Lipinski definition) is 5. The van der Waals surface area contributed by atoms with E-state index in [-0.39, 0.29) is 0 Å². The van der Waals surface area contributed by atoms with Crippen LogP contribution in [0.2, 0.25) is 0 Å². The molecule has 0 amide bonds. The van der Waals surface area contributed by atoms with Crippen molar-refractivity contribution in [3.63, 3.8) is 0 Å². The molecule has 3 heterocycles. The van der Waals surface area contributed by atoms with E-state index in [1.54, 1.807) is 22.7 Å². The van der Waals surface area contributed by atoms with Crippen molar-refractivity contribution in [2.24, 2.45) is 0 Å². The summed E-state index contributed by atoms with van der Waals surface area (Å²) >= 11 is 3.37. The summed E-state index contributed by atoms with van der Waals surface area (Å²) in [6.45, 7) is 0.763. The van der Waals surface area contributed by atoms with Crippen LogP contribution in [0.3, 0.4) is 0 Å². The first-order valence-corrected chi connectivity index (χ1v) is 6.90. The van der Waals surface area contributed by atoms with Crippen molar-refractivity contribution in [2.75, 3.05) is 5.32 Å². The van der Waals surface area contributed by atoms with E-state index in [0.717, 1.165) is 17.2 Å². The zero-order valence-corrected chi connectivity index (χ0v) is 10.5. The highest BCUT2D eigenvalue weighted by atomic mass is 32.1. The highest BCUT2D eigenvalue weighted by Crippen LogP contribution is 2.21. The van der Waals surface area contributed by atoms with Gasteiger partial charge in [0.1, 0.15) is 0 Å². The van der Waals surface area contributed by atoms with Gasteiger partial charge < -0.3 is 5.32 Å². The second kappa shape index (κ2) is 4.68. The van der Waals surface area contributed by atoms with Gasteiger partial charge in [-0.3, -0.25) is 5.10 Å². The van der Waals surface area contributed by atoms with E-state index in [0.29, 0.717) is 5.95 Å². The molecule has 3 aromatic heterocycles. The van der Waals surface area contributed by atoms with Crippen LogP contribution in [-0.2, 0) is 6.54 Å². The minimum Gasteiger partial charge on any atom is -0.348 e. The third kappa shape index (κ3) is 2.37. The fourth-order valence-corrected chi connectivity index (χ4v) is 2.75. The summed E-state index contributed by atoms with van der Waals surface area (Å²) in [5.41, 5.74) is 0. The Kier molecular flexibility index (Phi) is 2.89. The van der Waals surface area contributed by atoms with Gasteiger partial charge in [0.25, 0.3) is 0 Å². The zero-order valence-electron chi connectivity index (χ0n) is 8.88. The number of aromatic amines is 1. The lowest BCUT2D eigenvalue weighted by Gasteiger charge is -1.97. The lowest BCUT2D eigenvalue weighted by atomic mass is 10.4. The van der Waals surface area contributed by atoms with E-state index < -0.39 is 0 Å². The van der Waals surface area contributed by atoms with E-state index in [1.807, 2.05) is 23.6 Å². The highest BCUT2D eigenvalue weighted by Gasteiger charge is 2.05. The number of aromatic nitrogens is 3. The normalized spacial score (nSPS) is 10.6. The van der Waals surface area contributed by atoms with E-state index >= 15 is 0 Å². The third-order valence-electron chi connectivity index (χ3n) is 2.24. The summed E-state index contributed by atoms with van der Waals surface area (Å²) in [7, 11) is 0. The van der Waals surface area contributed by atoms with Gasteiger partial charge in [0.2, 0.25) is 5.95 Å². The fraction of sp³-hybridized carbons (Fsp3) is 0.0909. The first-order valence-electron chi connectivity index (χ1n) is 5.14. The molecule has 0 fully saturated rings. The number of anilines is 1. The summed E-state index contributed by atoms with van der Waals surface area (Å²) in [4.78, 5) is 6.76. The Morgan fingerprint density at radius 3 is 2.82 bits per heavy atom. The zero-order chi connectivity index (χ0) is 11.5. The summed E-state index contributed by atoms with van der Waals surface area (Å²) in [6.07, 6.45) is 0. The predicted molar refractivity (Wildman–Crippen MR) is 71.3 cm³/mol. The molecule has 17 heavy (non-hydrogen) atoms. The van der Waals surface area contributed by atoms with E-state index in [4.69, 9.17) is 0 Å². The number of H-pyrrole nitrogens is 1. The molecule has 0 aliphatic heterocycles. The van der Waals surface area contributed by atoms with Gasteiger partial charge in [-0.25, -0.2) is 0 Å². The molecule has 3 aromatic rings. The minimum absolute atomic E-state index is 0.641. The summed E-state index contributed by atoms with van der Waals surface area (Å²) in [5.74, 6) is 1.45. The van der Waals surface area contributed by atoms with Gasteiger partial charge in [0.15, 0.2) is 5.82 Å². The van der Waals surface area contributed by atoms with Crippen molar-refractivity contribution in [2.45, 2.75) is 6.54 Å². The first kappa shape index (κ1) is 10.5. The SMILES string of the molecule is c1csc(CNc2n[nH]c(-c3cccs3)n2)c1. The van der Waals surface area contributed by atoms with E-state index in [1.165, 1.54) is 4.88 Å². The third-order valence-corrected chi connectivity index (χ3v) is 3.99. The molecule has 0 unspecified atom stereocenters. The van der Waals surface area contributed by atoms with Crippen LogP contribution in [0.5, 0.6) is 0 Å². The number of hydrogen-bond donors (Lipinski definition) is 2. The second-order valence-corrected chi connectivity index (χ2v) is 5.40. The number of rotatable bonds is 4. The van der Waals surface area contributed by atoms with Crippen molar-refractivity contribution in [3.8, 4) is 10.7 Å². The maximum atomic E-state index is 4.39. The summed E-state index contributed by atoms with van der Waals surface area (Å²) in [5, 5.41) is 14.3. The Morgan fingerprint density at radius 2 is 2.06 bits per heavy atom. The summed E-state index contributed by atoms with van der Waals surface area (Å²) in [6, 6.07) is 8.15. The Balaban J connectivity index is 1.69. The van der Waals surface area contributed by atoms with Gasteiger partial charge in [-0.2, -0.15) is 4.98 Å². The van der Waals surface area contributed by atoms with Crippen molar-refractivity contribution < 1.29 is 0 Å². The summed E-state index contributed by atoms with van der Waals surface area (Å²) < 4.78 is 0. The average Bonchev–Trinajstić information content (AvgIpc) is 3.09. The van der Waals surface area contributed by atoms with Gasteiger partial charge in [-0.15, -0.1) is 27.8 Å². The molecule has 3 rings (SSSR count). The van der Waals surface area contributed by atoms with Crippen molar-refractivity contribution >= 4 is 28.6 Å². The molecule has 0 atom stereocenters. The molecular formula is C11H10N4S2. The predicted octanol–water partition coefficient (Wildman–Crippen LogP) is 3.21. The van der Waals surface area contributed by atoms with E-state index in [9.17, 15) is 0 Å². The quantitative estimate of drug-likeness (QED) is 0.759. The average molecular weight is 262 g/mol. The van der Waals surface area contributed by atoms with Crippen LogP contribution in [0.15, 0.2) is 35.0 Å². The maximum absolute atomic E-state index is 4.39. The van der Waals surface area contributed by atoms with Gasteiger partial charge >= 0.3 is 0 Å². The van der Waals surface area contributed by atoms with Crippen LogP contribution in [-0.4, -0.2) is 15.2 Å². The largest absolute Gasteiger partial charge is 0.348 e. The van der Waals surface area contributed by atoms with Crippen molar-refractivity contribution in [1.82, 2.24) is 15.2 Å². The molecule has 0 radical (unpaired) electrons. The number of nitrogens with zero attached hydrogens (tertiary/aromatic N) is 2. The molecule has 4 nitrogen and oxygen atoms in total. The molecule has 86 valence electrons. The Labute approximate surface area is 106 Å². The Morgan fingerprint density at radius 1 is 1.18 bits per heavy atom. The molecule has 2 N–H and O–H groups in total. The molecule has 0 aromatic carbocycles. The smallest absolute Gasteiger partial charge is 0.242 e. The highest BCUT2D eigenvalue weighted by molar-refractivity contribution is 7.13. The molecule has 0 aliphatic rings. The van der Waals surface area contributed by atoms with Crippen LogP contribution in [0.25, 0.3) is 10.7 Å². The van der Waals surface area contributed by atoms with Gasteiger partial charge in [0.05, 0.1) is 11.4 Å². The van der Waals surface area contributed by atoms with Crippen LogP contribution < -0.4 is 5.32 Å². The van der Waals surface area contributed by atoms with E-state index in [2.05, 4.69) is 31.9 Å². The molecule has 0 saturated carbocycles. The first-order chi connectivity index (χ1) is 8.42. The topological polar surface area (TPSA) is 53.6 Å². The lowest BCUT2D eigenvalue weighted by Crippen LogP contribution is -1.98. The molecule has 0 spiro atoms. The number of nitrogens with one attached hydrogen (secondary N) is 2. The van der Waals surface area contributed by atoms with Crippen molar-refractivity contribution in [3.05, 3.63) is 39.9 Å². The Hall–Kier alpha value is -1.66. The van der Waals surface area contributed by atoms with Gasteiger partial charge in [-0.1, -0.05) is 12.1 Å². The monoisotopic (exact) mass is 262 g/mol. The van der Waals surface area contributed by atoms with Gasteiger partial charge in [0, 0.05) is 4.88 Å². The minimum atomic E-state index is 0.641. The second-order valence-electron chi connectivity index (χ2n) is 3.42. The van der Waals surface area contributed by atoms with Crippen molar-refractivity contribution in [1.29, 1.82) is 0 Å². The fourth-order valence-electron chi connectivity index (χ4n) is 1.44. The molecule has 0 aliphatic carbocycles. The number of thiophene rings is 2. The molecule has 0 saturated heterocycles. The Bertz CT molecular complexity index is 568. The van der Waals surface area contributed by atoms with Crippen LogP contribution in [0.1, 0.15) is 4.88 Å². The van der Waals surface area contributed by atoms with Gasteiger partial charge in [-0.05, 0) is 22.9 Å². The molecule has 0 bridgehead atoms. The maximum Gasteiger partial charge on any atom is 0.242 e. The lowest BCUT2D eigenvalue weighted by molar-refractivity contribution is 1.06. The molecule has 6 heteroatoms.